The topological polar surface area (TPSA) is 106 Å². The lowest BCUT2D eigenvalue weighted by Gasteiger charge is -2.15. The Balaban J connectivity index is 1.57. The van der Waals surface area contributed by atoms with Gasteiger partial charge in [-0.25, -0.2) is 0 Å². The highest BCUT2D eigenvalue weighted by Crippen LogP contribution is 2.31. The van der Waals surface area contributed by atoms with E-state index < -0.39 is 12.3 Å². The molecule has 0 fully saturated rings. The number of amides is 1. The maximum absolute atomic E-state index is 12.7. The number of hydrogen-bond acceptors (Lipinski definition) is 6. The number of aromatic amines is 1. The summed E-state index contributed by atoms with van der Waals surface area (Å²) in [7, 11) is 0. The van der Waals surface area contributed by atoms with Gasteiger partial charge >= 0.3 is 6.36 Å². The molecule has 0 unspecified atom stereocenters. The number of halogens is 3. The molecule has 0 radical (unpaired) electrons. The van der Waals surface area contributed by atoms with E-state index in [4.69, 9.17) is 4.42 Å². The van der Waals surface area contributed by atoms with Crippen molar-refractivity contribution in [2.75, 3.05) is 5.32 Å². The second-order valence-electron chi connectivity index (χ2n) is 6.67. The zero-order chi connectivity index (χ0) is 22.0. The van der Waals surface area contributed by atoms with Crippen LogP contribution in [0.1, 0.15) is 29.3 Å². The van der Waals surface area contributed by atoms with E-state index in [0.29, 0.717) is 29.7 Å². The second-order valence-corrected chi connectivity index (χ2v) is 6.67. The molecule has 0 aliphatic rings. The predicted octanol–water partition coefficient (Wildman–Crippen LogP) is 4.72. The molecule has 2 N–H and O–H groups in total. The van der Waals surface area contributed by atoms with Crippen LogP contribution in [0, 0.1) is 0 Å². The van der Waals surface area contributed by atoms with Crippen LogP contribution in [-0.4, -0.2) is 32.9 Å². The highest BCUT2D eigenvalue weighted by Gasteiger charge is 2.32. The van der Waals surface area contributed by atoms with Crippen LogP contribution in [0.2, 0.25) is 0 Å². The van der Waals surface area contributed by atoms with Crippen LogP contribution in [0.4, 0.5) is 18.9 Å². The van der Waals surface area contributed by atoms with Crippen LogP contribution in [-0.2, 0) is 6.42 Å². The molecule has 0 bridgehead atoms. The first-order valence-electron chi connectivity index (χ1n) is 9.30. The number of carbonyl (C=O) groups excluding carboxylic acids is 1. The fourth-order valence-corrected chi connectivity index (χ4v) is 3.08. The van der Waals surface area contributed by atoms with E-state index in [1.807, 2.05) is 6.92 Å². The van der Waals surface area contributed by atoms with Crippen molar-refractivity contribution in [3.05, 3.63) is 53.6 Å². The van der Waals surface area contributed by atoms with Gasteiger partial charge in [0.2, 0.25) is 5.82 Å². The Morgan fingerprint density at radius 3 is 2.74 bits per heavy atom. The van der Waals surface area contributed by atoms with Gasteiger partial charge in [-0.05, 0) is 41.5 Å². The minimum absolute atomic E-state index is 0.177. The Morgan fingerprint density at radius 2 is 2.03 bits per heavy atom. The molecule has 0 aliphatic carbocycles. The summed E-state index contributed by atoms with van der Waals surface area (Å²) in [6.45, 7) is 1.85. The monoisotopic (exact) mass is 431 g/mol. The molecule has 4 rings (SSSR count). The van der Waals surface area contributed by atoms with Crippen molar-refractivity contribution in [2.24, 2.45) is 0 Å². The Labute approximate surface area is 173 Å². The van der Waals surface area contributed by atoms with Gasteiger partial charge in [0, 0.05) is 22.7 Å². The predicted molar refractivity (Wildman–Crippen MR) is 104 cm³/mol. The molecule has 0 saturated carbocycles. The molecule has 0 saturated heterocycles. The van der Waals surface area contributed by atoms with Crippen molar-refractivity contribution in [3.63, 3.8) is 0 Å². The number of carbonyl (C=O) groups is 1. The van der Waals surface area contributed by atoms with Crippen LogP contribution in [0.5, 0.6) is 5.75 Å². The van der Waals surface area contributed by atoms with Gasteiger partial charge in [0.1, 0.15) is 11.3 Å². The van der Waals surface area contributed by atoms with Crippen molar-refractivity contribution < 1.29 is 27.1 Å². The number of anilines is 1. The largest absolute Gasteiger partial charge is 0.573 e. The summed E-state index contributed by atoms with van der Waals surface area (Å²) in [6, 6.07) is 10.7. The number of alkyl halides is 3. The Morgan fingerprint density at radius 1 is 1.19 bits per heavy atom. The van der Waals surface area contributed by atoms with Crippen LogP contribution in [0.3, 0.4) is 0 Å². The van der Waals surface area contributed by atoms with Crippen LogP contribution >= 0.6 is 0 Å². The molecule has 0 aliphatic heterocycles. The number of furan rings is 1. The molecular weight excluding hydrogens is 415 g/mol. The third-order valence-electron chi connectivity index (χ3n) is 4.42. The minimum Gasteiger partial charge on any atom is -0.453 e. The van der Waals surface area contributed by atoms with Gasteiger partial charge in [0.05, 0.1) is 0 Å². The van der Waals surface area contributed by atoms with Gasteiger partial charge in [-0.2, -0.15) is 5.21 Å². The molecule has 0 spiro atoms. The number of aromatic nitrogens is 4. The quantitative estimate of drug-likeness (QED) is 0.458. The fraction of sp³-hybridized carbons (Fsp3) is 0.200. The maximum atomic E-state index is 12.7. The molecule has 2 aromatic heterocycles. The van der Waals surface area contributed by atoms with Gasteiger partial charge in [-0.1, -0.05) is 25.5 Å². The summed E-state index contributed by atoms with van der Waals surface area (Å²) in [6.07, 6.45) is -3.77. The second kappa shape index (κ2) is 8.09. The van der Waals surface area contributed by atoms with Crippen molar-refractivity contribution >= 4 is 22.6 Å². The van der Waals surface area contributed by atoms with E-state index in [2.05, 4.69) is 30.7 Å². The standard InChI is InChI=1S/C20H16F3N5O3/c1-2-3-11-6-7-14(10-16(11)31-20(21,22)23)24-19(29)13-5-4-12-8-17(30-15(12)9-13)18-25-27-28-26-18/h4-10H,2-3H2,1H3,(H,24,29)(H,25,26,27,28). The summed E-state index contributed by atoms with van der Waals surface area (Å²) in [5, 5.41) is 16.8. The summed E-state index contributed by atoms with van der Waals surface area (Å²) in [5.41, 5.74) is 1.27. The van der Waals surface area contributed by atoms with Gasteiger partial charge in [0.25, 0.3) is 5.91 Å². The number of aryl methyl sites for hydroxylation is 1. The van der Waals surface area contributed by atoms with E-state index in [-0.39, 0.29) is 22.8 Å². The summed E-state index contributed by atoms with van der Waals surface area (Å²) >= 11 is 0. The number of fused-ring (bicyclic) bond motifs is 1. The number of hydrogen-bond donors (Lipinski definition) is 2. The lowest BCUT2D eigenvalue weighted by Crippen LogP contribution is -2.18. The molecule has 2 aromatic carbocycles. The van der Waals surface area contributed by atoms with Gasteiger partial charge in [0.15, 0.2) is 5.76 Å². The highest BCUT2D eigenvalue weighted by molar-refractivity contribution is 6.06. The average Bonchev–Trinajstić information content (AvgIpc) is 3.37. The molecule has 0 atom stereocenters. The molecular formula is C20H16F3N5O3. The molecule has 11 heteroatoms. The van der Waals surface area contributed by atoms with Crippen LogP contribution in [0.15, 0.2) is 46.9 Å². The van der Waals surface area contributed by atoms with Crippen LogP contribution < -0.4 is 10.1 Å². The normalized spacial score (nSPS) is 11.6. The van der Waals surface area contributed by atoms with Gasteiger partial charge in [-0.3, -0.25) is 4.79 Å². The third-order valence-corrected chi connectivity index (χ3v) is 4.42. The zero-order valence-electron chi connectivity index (χ0n) is 16.2. The number of rotatable bonds is 6. The number of benzene rings is 2. The van der Waals surface area contributed by atoms with Crippen molar-refractivity contribution in [2.45, 2.75) is 26.1 Å². The Bertz CT molecular complexity index is 1220. The first-order valence-corrected chi connectivity index (χ1v) is 9.30. The van der Waals surface area contributed by atoms with E-state index >= 15 is 0 Å². The average molecular weight is 431 g/mol. The highest BCUT2D eigenvalue weighted by atomic mass is 19.4. The first kappa shape index (κ1) is 20.4. The Kier molecular flexibility index (Phi) is 5.32. The molecule has 1 amide bonds. The molecule has 4 aromatic rings. The van der Waals surface area contributed by atoms with Crippen molar-refractivity contribution in [1.82, 2.24) is 20.6 Å². The summed E-state index contributed by atoms with van der Waals surface area (Å²) < 4.78 is 48.0. The lowest BCUT2D eigenvalue weighted by molar-refractivity contribution is -0.274. The van der Waals surface area contributed by atoms with Gasteiger partial charge < -0.3 is 14.5 Å². The van der Waals surface area contributed by atoms with E-state index in [0.717, 1.165) is 11.5 Å². The first-order chi connectivity index (χ1) is 14.8. The molecule has 8 nitrogen and oxygen atoms in total. The SMILES string of the molecule is CCCc1ccc(NC(=O)c2ccc3cc(-c4nn[nH]n4)oc3c2)cc1OC(F)(F)F. The number of nitrogens with zero attached hydrogens (tertiary/aromatic N) is 3. The fourth-order valence-electron chi connectivity index (χ4n) is 3.08. The summed E-state index contributed by atoms with van der Waals surface area (Å²) in [4.78, 5) is 12.6. The Hall–Kier alpha value is -3.89. The lowest BCUT2D eigenvalue weighted by atomic mass is 10.1. The van der Waals surface area contributed by atoms with E-state index in [1.165, 1.54) is 18.2 Å². The third kappa shape index (κ3) is 4.65. The number of ether oxygens (including phenoxy) is 1. The molecule has 31 heavy (non-hydrogen) atoms. The van der Waals surface area contributed by atoms with Gasteiger partial charge in [-0.15, -0.1) is 23.4 Å². The number of nitrogens with one attached hydrogen (secondary N) is 2. The van der Waals surface area contributed by atoms with Crippen molar-refractivity contribution in [1.29, 1.82) is 0 Å². The van der Waals surface area contributed by atoms with E-state index in [1.54, 1.807) is 18.2 Å². The maximum Gasteiger partial charge on any atom is 0.573 e. The molecule has 160 valence electrons. The van der Waals surface area contributed by atoms with E-state index in [9.17, 15) is 18.0 Å². The van der Waals surface area contributed by atoms with Crippen LogP contribution in [0.25, 0.3) is 22.6 Å². The number of tetrazole rings is 1. The smallest absolute Gasteiger partial charge is 0.453 e. The summed E-state index contributed by atoms with van der Waals surface area (Å²) in [5.74, 6) is -0.202. The number of H-pyrrole nitrogens is 1. The van der Waals surface area contributed by atoms with Crippen molar-refractivity contribution in [3.8, 4) is 17.3 Å². The molecule has 2 heterocycles. The zero-order valence-corrected chi connectivity index (χ0v) is 16.2. The minimum atomic E-state index is -4.83.